The number of anilines is 1. The van der Waals surface area contributed by atoms with Gasteiger partial charge in [-0.1, -0.05) is 38.1 Å². The molecule has 4 rings (SSSR count). The zero-order chi connectivity index (χ0) is 18.8. The van der Waals surface area contributed by atoms with Crippen LogP contribution in [0.1, 0.15) is 35.8 Å². The number of aromatic nitrogens is 3. The summed E-state index contributed by atoms with van der Waals surface area (Å²) in [6.45, 7) is 4.27. The molecule has 0 atom stereocenters. The van der Waals surface area contributed by atoms with Gasteiger partial charge < -0.3 is 5.32 Å². The average molecular weight is 374 g/mol. The Morgan fingerprint density at radius 2 is 1.74 bits per heavy atom. The summed E-state index contributed by atoms with van der Waals surface area (Å²) >= 11 is 1.50. The molecule has 0 spiro atoms. The lowest BCUT2D eigenvalue weighted by molar-refractivity contribution is 0.102. The molecule has 6 heteroatoms. The van der Waals surface area contributed by atoms with Gasteiger partial charge >= 0.3 is 0 Å². The van der Waals surface area contributed by atoms with Gasteiger partial charge in [-0.25, -0.2) is 15.0 Å². The number of carbonyl (C=O) groups excluding carboxylic acids is 1. The molecule has 134 valence electrons. The summed E-state index contributed by atoms with van der Waals surface area (Å²) in [4.78, 5) is 26.0. The number of thiazole rings is 1. The molecule has 5 nitrogen and oxygen atoms in total. The molecular formula is C21H18N4OS. The summed E-state index contributed by atoms with van der Waals surface area (Å²) in [5.74, 6) is 0.148. The number of nitrogens with one attached hydrogen (secondary N) is 1. The highest BCUT2D eigenvalue weighted by atomic mass is 32.1. The lowest BCUT2D eigenvalue weighted by Gasteiger charge is -2.09. The number of carbonyl (C=O) groups is 1. The Morgan fingerprint density at radius 3 is 2.48 bits per heavy atom. The van der Waals surface area contributed by atoms with Crippen molar-refractivity contribution in [2.24, 2.45) is 0 Å². The third-order valence-electron chi connectivity index (χ3n) is 4.24. The van der Waals surface area contributed by atoms with Crippen LogP contribution in [0.4, 0.5) is 5.69 Å². The van der Waals surface area contributed by atoms with Gasteiger partial charge in [-0.3, -0.25) is 4.79 Å². The number of fused-ring (bicyclic) bond motifs is 1. The van der Waals surface area contributed by atoms with Crippen LogP contribution in [0.25, 0.3) is 20.9 Å². The summed E-state index contributed by atoms with van der Waals surface area (Å²) in [6, 6.07) is 15.7. The standard InChI is InChI=1S/C21H18N4OS/c1-13(2)14-7-9-15(10-8-14)24-20(26)18-19(23-12-11-22-18)21-25-16-5-3-4-6-17(16)27-21/h3-13H,1-2H3,(H,24,26). The van der Waals surface area contributed by atoms with E-state index < -0.39 is 0 Å². The first-order chi connectivity index (χ1) is 13.1. The normalized spacial score (nSPS) is 11.1. The molecule has 0 saturated carbocycles. The van der Waals surface area contributed by atoms with E-state index in [9.17, 15) is 4.79 Å². The summed E-state index contributed by atoms with van der Waals surface area (Å²) in [5, 5.41) is 3.59. The highest BCUT2D eigenvalue weighted by Crippen LogP contribution is 2.30. The fourth-order valence-electron chi connectivity index (χ4n) is 2.78. The summed E-state index contributed by atoms with van der Waals surface area (Å²) in [7, 11) is 0. The van der Waals surface area contributed by atoms with Gasteiger partial charge in [0.05, 0.1) is 10.2 Å². The molecule has 0 aliphatic heterocycles. The quantitative estimate of drug-likeness (QED) is 0.538. The van der Waals surface area contributed by atoms with Crippen molar-refractivity contribution < 1.29 is 4.79 Å². The second kappa shape index (κ2) is 7.25. The Balaban J connectivity index is 1.64. The number of hydrogen-bond donors (Lipinski definition) is 1. The maximum absolute atomic E-state index is 12.8. The minimum atomic E-state index is -0.297. The summed E-state index contributed by atoms with van der Waals surface area (Å²) < 4.78 is 1.05. The van der Waals surface area contributed by atoms with Crippen LogP contribution in [0.3, 0.4) is 0 Å². The molecule has 2 aromatic heterocycles. The van der Waals surface area contributed by atoms with Gasteiger partial charge in [0.2, 0.25) is 0 Å². The van der Waals surface area contributed by atoms with Crippen molar-refractivity contribution in [3.63, 3.8) is 0 Å². The van der Waals surface area contributed by atoms with Gasteiger partial charge in [-0.15, -0.1) is 11.3 Å². The lowest BCUT2D eigenvalue weighted by Crippen LogP contribution is -2.15. The predicted molar refractivity (Wildman–Crippen MR) is 109 cm³/mol. The van der Waals surface area contributed by atoms with Gasteiger partial charge in [0.25, 0.3) is 5.91 Å². The van der Waals surface area contributed by atoms with Crippen molar-refractivity contribution in [3.05, 3.63) is 72.2 Å². The van der Waals surface area contributed by atoms with E-state index in [0.29, 0.717) is 16.6 Å². The Kier molecular flexibility index (Phi) is 4.64. The molecule has 0 bridgehead atoms. The Labute approximate surface area is 161 Å². The van der Waals surface area contributed by atoms with Gasteiger partial charge in [-0.2, -0.15) is 0 Å². The maximum Gasteiger partial charge on any atom is 0.276 e. The van der Waals surface area contributed by atoms with E-state index >= 15 is 0 Å². The van der Waals surface area contributed by atoms with E-state index in [2.05, 4.69) is 34.1 Å². The van der Waals surface area contributed by atoms with Crippen LogP contribution >= 0.6 is 11.3 Å². The molecule has 2 aromatic carbocycles. The number of hydrogen-bond acceptors (Lipinski definition) is 5. The van der Waals surface area contributed by atoms with Gasteiger partial charge in [0, 0.05) is 18.1 Å². The fourth-order valence-corrected chi connectivity index (χ4v) is 3.74. The Hall–Kier alpha value is -3.12. The van der Waals surface area contributed by atoms with Gasteiger partial charge in [-0.05, 0) is 35.7 Å². The van der Waals surface area contributed by atoms with Gasteiger partial charge in [0.15, 0.2) is 5.69 Å². The highest BCUT2D eigenvalue weighted by Gasteiger charge is 2.19. The molecule has 0 fully saturated rings. The zero-order valence-electron chi connectivity index (χ0n) is 15.0. The first kappa shape index (κ1) is 17.3. The second-order valence-corrected chi connectivity index (χ2v) is 7.50. The number of amides is 1. The molecule has 27 heavy (non-hydrogen) atoms. The van der Waals surface area contributed by atoms with Crippen LogP contribution in [0.2, 0.25) is 0 Å². The van der Waals surface area contributed by atoms with Crippen LogP contribution in [0, 0.1) is 0 Å². The van der Waals surface area contributed by atoms with Crippen LogP contribution in [0.15, 0.2) is 60.9 Å². The fraction of sp³-hybridized carbons (Fsp3) is 0.143. The van der Waals surface area contributed by atoms with Crippen molar-refractivity contribution in [2.45, 2.75) is 19.8 Å². The molecule has 1 N–H and O–H groups in total. The van der Waals surface area contributed by atoms with Crippen LogP contribution < -0.4 is 5.32 Å². The van der Waals surface area contributed by atoms with E-state index in [1.165, 1.54) is 23.1 Å². The van der Waals surface area contributed by atoms with E-state index in [1.54, 1.807) is 6.20 Å². The Morgan fingerprint density at radius 1 is 1.00 bits per heavy atom. The molecule has 0 saturated heterocycles. The molecule has 0 unspecified atom stereocenters. The number of rotatable bonds is 4. The van der Waals surface area contributed by atoms with Crippen LogP contribution in [-0.2, 0) is 0 Å². The molecule has 4 aromatic rings. The summed E-state index contributed by atoms with van der Waals surface area (Å²) in [6.07, 6.45) is 3.10. The molecule has 1 amide bonds. The minimum Gasteiger partial charge on any atom is -0.321 e. The SMILES string of the molecule is CC(C)c1ccc(NC(=O)c2nccnc2-c2nc3ccccc3s2)cc1. The molecular weight excluding hydrogens is 356 g/mol. The predicted octanol–water partition coefficient (Wildman–Crippen LogP) is 5.13. The van der Waals surface area contributed by atoms with E-state index in [4.69, 9.17) is 0 Å². The zero-order valence-corrected chi connectivity index (χ0v) is 15.8. The van der Waals surface area contributed by atoms with Gasteiger partial charge in [0.1, 0.15) is 10.7 Å². The smallest absolute Gasteiger partial charge is 0.276 e. The van der Waals surface area contributed by atoms with Crippen molar-refractivity contribution in [3.8, 4) is 10.7 Å². The first-order valence-corrected chi connectivity index (χ1v) is 9.52. The maximum atomic E-state index is 12.8. The van der Waals surface area contributed by atoms with Crippen molar-refractivity contribution in [1.29, 1.82) is 0 Å². The summed E-state index contributed by atoms with van der Waals surface area (Å²) in [5.41, 5.74) is 3.60. The molecule has 0 aliphatic rings. The Bertz CT molecular complexity index is 1070. The largest absolute Gasteiger partial charge is 0.321 e. The number of para-hydroxylation sites is 1. The molecule has 0 aliphatic carbocycles. The third-order valence-corrected chi connectivity index (χ3v) is 5.29. The molecule has 0 radical (unpaired) electrons. The topological polar surface area (TPSA) is 67.8 Å². The van der Waals surface area contributed by atoms with Crippen molar-refractivity contribution in [2.75, 3.05) is 5.32 Å². The average Bonchev–Trinajstić information content (AvgIpc) is 3.12. The van der Waals surface area contributed by atoms with E-state index in [-0.39, 0.29) is 11.6 Å². The monoisotopic (exact) mass is 374 g/mol. The van der Waals surface area contributed by atoms with E-state index in [1.807, 2.05) is 48.5 Å². The second-order valence-electron chi connectivity index (χ2n) is 6.47. The number of nitrogens with zero attached hydrogens (tertiary/aromatic N) is 3. The third kappa shape index (κ3) is 3.57. The van der Waals surface area contributed by atoms with Crippen LogP contribution in [-0.4, -0.2) is 20.9 Å². The van der Waals surface area contributed by atoms with Crippen LogP contribution in [0.5, 0.6) is 0 Å². The molecule has 2 heterocycles. The van der Waals surface area contributed by atoms with Crippen molar-refractivity contribution >= 4 is 33.1 Å². The van der Waals surface area contributed by atoms with E-state index in [0.717, 1.165) is 15.9 Å². The van der Waals surface area contributed by atoms with Crippen molar-refractivity contribution in [1.82, 2.24) is 15.0 Å². The first-order valence-electron chi connectivity index (χ1n) is 8.70. The highest BCUT2D eigenvalue weighted by molar-refractivity contribution is 7.21. The minimum absolute atomic E-state index is 0.268. The number of benzene rings is 2. The lowest BCUT2D eigenvalue weighted by atomic mass is 10.0.